The third-order valence-electron chi connectivity index (χ3n) is 14.8. The molecule has 14 rings (SSSR count). The molecule has 3 nitrogen and oxygen atoms in total. The number of nitrogens with zero attached hydrogens (tertiary/aromatic N) is 3. The normalized spacial score (nSPS) is 12.0. The van der Waals surface area contributed by atoms with Gasteiger partial charge >= 0.3 is 0 Å². The average Bonchev–Trinajstić information content (AvgIpc) is 4.08. The monoisotopic (exact) mass is 907 g/mol. The summed E-state index contributed by atoms with van der Waals surface area (Å²) in [6, 6.07) is 101. The second kappa shape index (κ2) is 16.1. The number of para-hydroxylation sites is 5. The van der Waals surface area contributed by atoms with E-state index in [1.54, 1.807) is 0 Å². The van der Waals surface area contributed by atoms with Crippen LogP contribution in [0.2, 0.25) is 0 Å². The highest BCUT2D eigenvalue weighted by molar-refractivity contribution is 7.20. The van der Waals surface area contributed by atoms with Gasteiger partial charge in [0.25, 0.3) is 0 Å². The van der Waals surface area contributed by atoms with Gasteiger partial charge in [0.05, 0.1) is 50.2 Å². The van der Waals surface area contributed by atoms with Gasteiger partial charge in [0.2, 0.25) is 0 Å². The molecule has 0 fully saturated rings. The molecule has 0 spiro atoms. The average molecular weight is 908 g/mol. The number of rotatable bonds is 8. The van der Waals surface area contributed by atoms with Gasteiger partial charge in [-0.15, -0.1) is 0 Å². The van der Waals surface area contributed by atoms with Crippen molar-refractivity contribution in [3.05, 3.63) is 273 Å². The Balaban J connectivity index is 1.14. The van der Waals surface area contributed by atoms with E-state index in [0.717, 1.165) is 28.1 Å². The maximum absolute atomic E-state index is 2.88. The zero-order valence-corrected chi connectivity index (χ0v) is 39.3. The molecule has 3 aromatic heterocycles. The fourth-order valence-electron chi connectivity index (χ4n) is 11.9. The quantitative estimate of drug-likeness (QED) is 0.107. The van der Waals surface area contributed by atoms with Crippen molar-refractivity contribution in [2.24, 2.45) is 0 Å². The first-order valence-corrected chi connectivity index (χ1v) is 26.2. The van der Waals surface area contributed by atoms with E-state index in [-0.39, 0.29) is 0 Å². The van der Waals surface area contributed by atoms with Crippen molar-refractivity contribution in [3.8, 4) is 28.2 Å². The van der Waals surface area contributed by atoms with E-state index < -0.39 is 8.07 Å². The molecule has 0 saturated heterocycles. The number of fused-ring (bicyclic) bond motifs is 9. The Kier molecular flexibility index (Phi) is 9.23. The Morgan fingerprint density at radius 2 is 0.657 bits per heavy atom. The van der Waals surface area contributed by atoms with Gasteiger partial charge in [-0.05, 0) is 74.8 Å². The summed E-state index contributed by atoms with van der Waals surface area (Å²) in [5, 5.41) is 12.7. The summed E-state index contributed by atoms with van der Waals surface area (Å²) in [6.07, 6.45) is 0. The van der Waals surface area contributed by atoms with Crippen LogP contribution in [0.5, 0.6) is 0 Å². The molecule has 0 unspecified atom stereocenters. The summed E-state index contributed by atoms with van der Waals surface area (Å²) in [7, 11) is -2.88. The van der Waals surface area contributed by atoms with Crippen molar-refractivity contribution < 1.29 is 0 Å². The van der Waals surface area contributed by atoms with Gasteiger partial charge < -0.3 is 13.7 Å². The van der Waals surface area contributed by atoms with E-state index in [2.05, 4.69) is 287 Å². The Hall–Kier alpha value is -8.96. The van der Waals surface area contributed by atoms with Crippen LogP contribution < -0.4 is 20.7 Å². The molecular weight excluding hydrogens is 863 g/mol. The topological polar surface area (TPSA) is 14.8 Å². The third kappa shape index (κ3) is 5.87. The Morgan fingerprint density at radius 1 is 0.243 bits per heavy atom. The lowest BCUT2D eigenvalue weighted by Gasteiger charge is -2.34. The van der Waals surface area contributed by atoms with Gasteiger partial charge in [0, 0.05) is 37.9 Å². The van der Waals surface area contributed by atoms with Gasteiger partial charge in [-0.3, -0.25) is 0 Å². The maximum atomic E-state index is 2.57. The molecule has 3 heterocycles. The van der Waals surface area contributed by atoms with Crippen molar-refractivity contribution in [2.75, 3.05) is 0 Å². The van der Waals surface area contributed by atoms with E-state index in [9.17, 15) is 0 Å². The predicted molar refractivity (Wildman–Crippen MR) is 299 cm³/mol. The van der Waals surface area contributed by atoms with Crippen LogP contribution in [-0.4, -0.2) is 21.8 Å². The summed E-state index contributed by atoms with van der Waals surface area (Å²) < 4.78 is 7.61. The van der Waals surface area contributed by atoms with Crippen LogP contribution in [0.3, 0.4) is 0 Å². The number of benzene rings is 11. The summed E-state index contributed by atoms with van der Waals surface area (Å²) >= 11 is 0. The van der Waals surface area contributed by atoms with E-state index in [4.69, 9.17) is 0 Å². The highest BCUT2D eigenvalue weighted by atomic mass is 28.3. The first kappa shape index (κ1) is 40.1. The molecular formula is C66H45N3Si. The summed E-state index contributed by atoms with van der Waals surface area (Å²) in [4.78, 5) is 0. The standard InChI is InChI=1S/C66H45N3Si/c1-5-23-46(24-6-1)51-31-13-17-36-57(51)69-62-41-22-40-61(67-58-37-18-14-32-52(58)53-33-15-19-38-59(53)67)65(62)56-35-21-42-63(66(56)69)68-60-39-20-16-34-54(60)55-44-43-50(45-64(55)68)70(47-25-7-2-8-26-47,48-27-9-3-10-28-48)49-29-11-4-12-30-49/h1-45H. The number of aromatic nitrogens is 3. The molecule has 0 radical (unpaired) electrons. The van der Waals surface area contributed by atoms with Gasteiger partial charge in [-0.2, -0.15) is 0 Å². The van der Waals surface area contributed by atoms with E-state index >= 15 is 0 Å². The lowest BCUT2D eigenvalue weighted by atomic mass is 10.0. The molecule has 0 atom stereocenters. The van der Waals surface area contributed by atoms with Crippen molar-refractivity contribution in [1.29, 1.82) is 0 Å². The minimum atomic E-state index is -2.88. The molecule has 0 aliphatic carbocycles. The second-order valence-electron chi connectivity index (χ2n) is 18.4. The molecule has 0 saturated carbocycles. The summed E-state index contributed by atoms with van der Waals surface area (Å²) in [6.45, 7) is 0. The Bertz CT molecular complexity index is 4130. The van der Waals surface area contributed by atoms with Crippen molar-refractivity contribution >= 4 is 94.2 Å². The van der Waals surface area contributed by atoms with Gasteiger partial charge in [-0.25, -0.2) is 0 Å². The van der Waals surface area contributed by atoms with Crippen LogP contribution in [0.1, 0.15) is 0 Å². The Morgan fingerprint density at radius 3 is 1.24 bits per heavy atom. The zero-order chi connectivity index (χ0) is 46.2. The van der Waals surface area contributed by atoms with E-state index in [0.29, 0.717) is 0 Å². The molecule has 4 heteroatoms. The molecule has 0 aliphatic heterocycles. The molecule has 14 aromatic rings. The third-order valence-corrected chi connectivity index (χ3v) is 19.6. The van der Waals surface area contributed by atoms with E-state index in [1.165, 1.54) is 86.3 Å². The first-order valence-electron chi connectivity index (χ1n) is 24.2. The predicted octanol–water partition coefficient (Wildman–Crippen LogP) is 14.0. The first-order chi connectivity index (χ1) is 34.8. The minimum Gasteiger partial charge on any atom is -0.309 e. The van der Waals surface area contributed by atoms with Crippen LogP contribution in [0.4, 0.5) is 0 Å². The van der Waals surface area contributed by atoms with Gasteiger partial charge in [-0.1, -0.05) is 224 Å². The van der Waals surface area contributed by atoms with Crippen LogP contribution in [0.25, 0.3) is 93.6 Å². The van der Waals surface area contributed by atoms with Crippen LogP contribution in [0.15, 0.2) is 273 Å². The van der Waals surface area contributed by atoms with Crippen molar-refractivity contribution in [1.82, 2.24) is 13.7 Å². The largest absolute Gasteiger partial charge is 0.309 e. The zero-order valence-electron chi connectivity index (χ0n) is 38.3. The highest BCUT2D eigenvalue weighted by Crippen LogP contribution is 2.44. The van der Waals surface area contributed by atoms with Crippen LogP contribution in [0, 0.1) is 0 Å². The highest BCUT2D eigenvalue weighted by Gasteiger charge is 2.41. The summed E-state index contributed by atoms with van der Waals surface area (Å²) in [5.41, 5.74) is 12.8. The Labute approximate surface area is 407 Å². The fourth-order valence-corrected chi connectivity index (χ4v) is 16.7. The van der Waals surface area contributed by atoms with E-state index in [1.807, 2.05) is 0 Å². The second-order valence-corrected chi connectivity index (χ2v) is 22.2. The van der Waals surface area contributed by atoms with Crippen molar-refractivity contribution in [2.45, 2.75) is 0 Å². The summed E-state index contributed by atoms with van der Waals surface area (Å²) in [5.74, 6) is 0. The molecule has 328 valence electrons. The lowest BCUT2D eigenvalue weighted by Crippen LogP contribution is -2.74. The van der Waals surface area contributed by atoms with Crippen LogP contribution in [-0.2, 0) is 0 Å². The lowest BCUT2D eigenvalue weighted by molar-refractivity contribution is 1.13. The fraction of sp³-hybridized carbons (Fsp3) is 0. The van der Waals surface area contributed by atoms with Gasteiger partial charge in [0.15, 0.2) is 8.07 Å². The molecule has 0 aliphatic rings. The molecule has 0 N–H and O–H groups in total. The smallest absolute Gasteiger partial charge is 0.179 e. The molecule has 70 heavy (non-hydrogen) atoms. The maximum Gasteiger partial charge on any atom is 0.179 e. The van der Waals surface area contributed by atoms with Crippen LogP contribution >= 0.6 is 0 Å². The van der Waals surface area contributed by atoms with Crippen molar-refractivity contribution in [3.63, 3.8) is 0 Å². The molecule has 0 amide bonds. The number of hydrogen-bond acceptors (Lipinski definition) is 0. The van der Waals surface area contributed by atoms with Gasteiger partial charge in [0.1, 0.15) is 0 Å². The SMILES string of the molecule is c1ccc(-c2ccccc2-n2c3cccc(-n4c5ccccc5c5ccccc54)c3c3cccc(-n4c5ccccc5c5ccc([Si](c6ccccc6)(c6ccccc6)c6ccccc6)cc54)c32)cc1. The number of hydrogen-bond donors (Lipinski definition) is 0. The molecule has 0 bridgehead atoms. The molecule has 11 aromatic carbocycles. The minimum absolute atomic E-state index is 1.12.